The topological polar surface area (TPSA) is 24.8 Å². The summed E-state index contributed by atoms with van der Waals surface area (Å²) in [6, 6.07) is 10.8. The summed E-state index contributed by atoms with van der Waals surface area (Å²) in [7, 11) is 1.74. The van der Waals surface area contributed by atoms with Crippen LogP contribution in [0.1, 0.15) is 13.3 Å². The molecule has 0 saturated carbocycles. The van der Waals surface area contributed by atoms with Gasteiger partial charge in [0.15, 0.2) is 0 Å². The standard InChI is InChI=1S/C13H18N2O/c1-11-14-12(8-9-16-2)10-15(11)13-6-4-3-5-7-13/h3-7,12H,8-10H2,1-2H3. The van der Waals surface area contributed by atoms with Crippen molar-refractivity contribution < 1.29 is 4.74 Å². The van der Waals surface area contributed by atoms with Crippen LogP contribution in [0.4, 0.5) is 5.69 Å². The molecule has 1 aliphatic rings. The van der Waals surface area contributed by atoms with Gasteiger partial charge in [-0.15, -0.1) is 0 Å². The first kappa shape index (κ1) is 11.1. The van der Waals surface area contributed by atoms with E-state index in [1.807, 2.05) is 6.07 Å². The molecule has 0 saturated heterocycles. The second-order valence-electron chi connectivity index (χ2n) is 4.06. The zero-order valence-electron chi connectivity index (χ0n) is 9.89. The fraction of sp³-hybridized carbons (Fsp3) is 0.462. The van der Waals surface area contributed by atoms with Crippen molar-refractivity contribution in [3.63, 3.8) is 0 Å². The molecule has 0 aromatic heterocycles. The van der Waals surface area contributed by atoms with Crippen molar-refractivity contribution >= 4 is 11.5 Å². The largest absolute Gasteiger partial charge is 0.385 e. The molecule has 0 aliphatic carbocycles. The summed E-state index contributed by atoms with van der Waals surface area (Å²) in [5.41, 5.74) is 1.23. The maximum Gasteiger partial charge on any atom is 0.101 e. The van der Waals surface area contributed by atoms with Crippen molar-refractivity contribution in [2.75, 3.05) is 25.2 Å². The van der Waals surface area contributed by atoms with Gasteiger partial charge in [-0.1, -0.05) is 18.2 Å². The SMILES string of the molecule is COCCC1CN(c2ccccc2)C(C)=N1. The predicted molar refractivity (Wildman–Crippen MR) is 67.2 cm³/mol. The summed E-state index contributed by atoms with van der Waals surface area (Å²) >= 11 is 0. The van der Waals surface area contributed by atoms with Gasteiger partial charge in [-0.2, -0.15) is 0 Å². The number of hydrogen-bond acceptors (Lipinski definition) is 3. The number of methoxy groups -OCH3 is 1. The number of hydrogen-bond donors (Lipinski definition) is 0. The molecule has 1 atom stereocenters. The average molecular weight is 218 g/mol. The van der Waals surface area contributed by atoms with Crippen LogP contribution in [0.15, 0.2) is 35.3 Å². The Bertz CT molecular complexity index is 361. The van der Waals surface area contributed by atoms with Gasteiger partial charge in [-0.3, -0.25) is 4.99 Å². The third kappa shape index (κ3) is 2.42. The van der Waals surface area contributed by atoms with Gasteiger partial charge in [0.1, 0.15) is 5.84 Å². The van der Waals surface area contributed by atoms with Crippen molar-refractivity contribution in [2.24, 2.45) is 4.99 Å². The molecular weight excluding hydrogens is 200 g/mol. The highest BCUT2D eigenvalue weighted by Gasteiger charge is 2.22. The maximum absolute atomic E-state index is 5.09. The number of benzene rings is 1. The molecule has 3 heteroatoms. The number of para-hydroxylation sites is 1. The predicted octanol–water partition coefficient (Wildman–Crippen LogP) is 2.33. The Kier molecular flexibility index (Phi) is 3.57. The molecule has 0 bridgehead atoms. The minimum atomic E-state index is 0.375. The molecule has 0 spiro atoms. The Morgan fingerprint density at radius 3 is 2.81 bits per heavy atom. The molecule has 16 heavy (non-hydrogen) atoms. The van der Waals surface area contributed by atoms with E-state index in [0.717, 1.165) is 25.4 Å². The van der Waals surface area contributed by atoms with Gasteiger partial charge in [-0.25, -0.2) is 0 Å². The lowest BCUT2D eigenvalue weighted by Crippen LogP contribution is -2.27. The number of nitrogens with zero attached hydrogens (tertiary/aromatic N) is 2. The Morgan fingerprint density at radius 2 is 2.12 bits per heavy atom. The first-order valence-corrected chi connectivity index (χ1v) is 5.67. The molecule has 3 nitrogen and oxygen atoms in total. The molecule has 0 radical (unpaired) electrons. The number of rotatable bonds is 4. The molecule has 0 fully saturated rings. The molecule has 1 unspecified atom stereocenters. The van der Waals surface area contributed by atoms with Gasteiger partial charge in [0.25, 0.3) is 0 Å². The van der Waals surface area contributed by atoms with Gasteiger partial charge >= 0.3 is 0 Å². The summed E-state index contributed by atoms with van der Waals surface area (Å²) in [6.07, 6.45) is 0.997. The third-order valence-electron chi connectivity index (χ3n) is 2.88. The fourth-order valence-corrected chi connectivity index (χ4v) is 2.03. The van der Waals surface area contributed by atoms with E-state index in [2.05, 4.69) is 41.1 Å². The highest BCUT2D eigenvalue weighted by molar-refractivity contribution is 5.97. The van der Waals surface area contributed by atoms with Crippen molar-refractivity contribution in [3.8, 4) is 0 Å². The van der Waals surface area contributed by atoms with E-state index in [-0.39, 0.29) is 0 Å². The number of ether oxygens (including phenoxy) is 1. The van der Waals surface area contributed by atoms with Crippen LogP contribution in [-0.4, -0.2) is 32.1 Å². The van der Waals surface area contributed by atoms with Crippen LogP contribution in [-0.2, 0) is 4.74 Å². The van der Waals surface area contributed by atoms with Crippen LogP contribution in [0.2, 0.25) is 0 Å². The summed E-state index contributed by atoms with van der Waals surface area (Å²) < 4.78 is 5.09. The van der Waals surface area contributed by atoms with Gasteiger partial charge in [-0.05, 0) is 25.5 Å². The van der Waals surface area contributed by atoms with Crippen molar-refractivity contribution in [2.45, 2.75) is 19.4 Å². The zero-order chi connectivity index (χ0) is 11.4. The van der Waals surface area contributed by atoms with E-state index in [1.165, 1.54) is 5.69 Å². The highest BCUT2D eigenvalue weighted by Crippen LogP contribution is 2.20. The van der Waals surface area contributed by atoms with E-state index in [1.54, 1.807) is 7.11 Å². The number of aliphatic imine (C=N–C) groups is 1. The highest BCUT2D eigenvalue weighted by atomic mass is 16.5. The first-order chi connectivity index (χ1) is 7.81. The second-order valence-corrected chi connectivity index (χ2v) is 4.06. The molecule has 1 aliphatic heterocycles. The molecule has 86 valence electrons. The molecule has 1 heterocycles. The Morgan fingerprint density at radius 1 is 1.38 bits per heavy atom. The van der Waals surface area contributed by atoms with E-state index < -0.39 is 0 Å². The molecule has 2 rings (SSSR count). The quantitative estimate of drug-likeness (QED) is 0.775. The van der Waals surface area contributed by atoms with Gasteiger partial charge in [0.05, 0.1) is 6.04 Å². The summed E-state index contributed by atoms with van der Waals surface area (Å²) in [5.74, 6) is 1.10. The van der Waals surface area contributed by atoms with Crippen LogP contribution >= 0.6 is 0 Å². The maximum atomic E-state index is 5.09. The zero-order valence-corrected chi connectivity index (χ0v) is 9.89. The minimum Gasteiger partial charge on any atom is -0.385 e. The monoisotopic (exact) mass is 218 g/mol. The van der Waals surface area contributed by atoms with E-state index >= 15 is 0 Å². The van der Waals surface area contributed by atoms with Crippen molar-refractivity contribution in [3.05, 3.63) is 30.3 Å². The number of amidine groups is 1. The van der Waals surface area contributed by atoms with Crippen LogP contribution in [0, 0.1) is 0 Å². The Labute approximate surface area is 96.7 Å². The molecular formula is C13H18N2O. The second kappa shape index (κ2) is 5.12. The van der Waals surface area contributed by atoms with E-state index in [9.17, 15) is 0 Å². The first-order valence-electron chi connectivity index (χ1n) is 5.67. The van der Waals surface area contributed by atoms with Gasteiger partial charge in [0, 0.05) is 25.9 Å². The summed E-state index contributed by atoms with van der Waals surface area (Å²) in [5, 5.41) is 0. The van der Waals surface area contributed by atoms with Crippen molar-refractivity contribution in [1.29, 1.82) is 0 Å². The third-order valence-corrected chi connectivity index (χ3v) is 2.88. The Balaban J connectivity index is 2.02. The minimum absolute atomic E-state index is 0.375. The lowest BCUT2D eigenvalue weighted by atomic mass is 10.2. The van der Waals surface area contributed by atoms with E-state index in [0.29, 0.717) is 6.04 Å². The van der Waals surface area contributed by atoms with E-state index in [4.69, 9.17) is 4.74 Å². The van der Waals surface area contributed by atoms with Crippen LogP contribution in [0.3, 0.4) is 0 Å². The lowest BCUT2D eigenvalue weighted by Gasteiger charge is -2.19. The number of anilines is 1. The van der Waals surface area contributed by atoms with Crippen molar-refractivity contribution in [1.82, 2.24) is 0 Å². The molecule has 1 aromatic carbocycles. The normalized spacial score (nSPS) is 20.0. The average Bonchev–Trinajstić information content (AvgIpc) is 2.69. The van der Waals surface area contributed by atoms with Gasteiger partial charge < -0.3 is 9.64 Å². The molecule has 0 N–H and O–H groups in total. The summed E-state index contributed by atoms with van der Waals surface area (Å²) in [6.45, 7) is 3.82. The molecule has 0 amide bonds. The fourth-order valence-electron chi connectivity index (χ4n) is 2.03. The smallest absolute Gasteiger partial charge is 0.101 e. The van der Waals surface area contributed by atoms with Gasteiger partial charge in [0.2, 0.25) is 0 Å². The van der Waals surface area contributed by atoms with Crippen LogP contribution in [0.25, 0.3) is 0 Å². The van der Waals surface area contributed by atoms with Crippen LogP contribution in [0.5, 0.6) is 0 Å². The molecule has 1 aromatic rings. The summed E-state index contributed by atoms with van der Waals surface area (Å²) in [4.78, 5) is 6.91. The lowest BCUT2D eigenvalue weighted by molar-refractivity contribution is 0.189. The Hall–Kier alpha value is -1.35. The van der Waals surface area contributed by atoms with Crippen LogP contribution < -0.4 is 4.90 Å².